The lowest BCUT2D eigenvalue weighted by Gasteiger charge is -2.34. The van der Waals surface area contributed by atoms with E-state index in [0.29, 0.717) is 27.8 Å². The van der Waals surface area contributed by atoms with Gasteiger partial charge in [0.05, 0.1) is 20.6 Å². The summed E-state index contributed by atoms with van der Waals surface area (Å²) in [4.78, 5) is 29.9. The maximum atomic E-state index is 14.6. The molecule has 46 heavy (non-hydrogen) atoms. The van der Waals surface area contributed by atoms with E-state index >= 15 is 0 Å². The molecule has 2 amide bonds. The summed E-state index contributed by atoms with van der Waals surface area (Å²) in [5, 5.41) is 3.65. The first kappa shape index (κ1) is 35.0. The van der Waals surface area contributed by atoms with Crippen molar-refractivity contribution >= 4 is 50.7 Å². The van der Waals surface area contributed by atoms with E-state index < -0.39 is 28.5 Å². The molecule has 1 N–H and O–H groups in total. The number of carbonyl (C=O) groups excluding carboxylic acids is 2. The predicted molar refractivity (Wildman–Crippen MR) is 186 cm³/mol. The molecular weight excluding hydrogens is 641 g/mol. The number of benzene rings is 4. The minimum atomic E-state index is -4.18. The molecule has 0 unspecified atom stereocenters. The second-order valence-electron chi connectivity index (χ2n) is 11.3. The molecule has 0 spiro atoms. The van der Waals surface area contributed by atoms with E-state index in [-0.39, 0.29) is 23.8 Å². The van der Waals surface area contributed by atoms with Crippen molar-refractivity contribution < 1.29 is 18.0 Å². The number of rotatable bonds is 14. The summed E-state index contributed by atoms with van der Waals surface area (Å²) in [6, 6.07) is 27.0. The molecule has 4 aromatic rings. The number of hydrogen-bond acceptors (Lipinski definition) is 4. The first-order valence-corrected chi connectivity index (χ1v) is 17.4. The smallest absolute Gasteiger partial charge is 0.264 e. The topological polar surface area (TPSA) is 86.8 Å². The molecule has 1 atom stereocenters. The molecular formula is C36H39Cl2N3O4S. The maximum absolute atomic E-state index is 14.6. The molecule has 0 aliphatic heterocycles. The van der Waals surface area contributed by atoms with Gasteiger partial charge in [-0.3, -0.25) is 13.9 Å². The third kappa shape index (κ3) is 9.12. The number of unbranched alkanes of at least 4 members (excludes halogenated alkanes) is 1. The molecule has 0 radical (unpaired) electrons. The van der Waals surface area contributed by atoms with Crippen LogP contribution in [-0.4, -0.2) is 44.3 Å². The van der Waals surface area contributed by atoms with E-state index in [0.717, 1.165) is 33.8 Å². The van der Waals surface area contributed by atoms with Crippen LogP contribution in [0.15, 0.2) is 102 Å². The van der Waals surface area contributed by atoms with Gasteiger partial charge in [-0.25, -0.2) is 8.42 Å². The summed E-state index contributed by atoms with van der Waals surface area (Å²) in [5.41, 5.74) is 3.55. The van der Waals surface area contributed by atoms with Crippen molar-refractivity contribution in [2.24, 2.45) is 0 Å². The molecule has 0 heterocycles. The van der Waals surface area contributed by atoms with Gasteiger partial charge in [0.15, 0.2) is 0 Å². The van der Waals surface area contributed by atoms with E-state index in [1.54, 1.807) is 48.5 Å². The van der Waals surface area contributed by atoms with Crippen LogP contribution in [0.5, 0.6) is 0 Å². The fourth-order valence-electron chi connectivity index (χ4n) is 5.24. The monoisotopic (exact) mass is 679 g/mol. The average Bonchev–Trinajstić information content (AvgIpc) is 3.03. The van der Waals surface area contributed by atoms with Crippen molar-refractivity contribution in [2.75, 3.05) is 17.4 Å². The molecule has 7 nitrogen and oxygen atoms in total. The van der Waals surface area contributed by atoms with Gasteiger partial charge in [0.2, 0.25) is 11.8 Å². The Hall–Kier alpha value is -3.85. The largest absolute Gasteiger partial charge is 0.354 e. The Bertz CT molecular complexity index is 1730. The summed E-state index contributed by atoms with van der Waals surface area (Å²) in [7, 11) is -4.18. The summed E-state index contributed by atoms with van der Waals surface area (Å²) < 4.78 is 29.5. The number of amides is 2. The van der Waals surface area contributed by atoms with Crippen LogP contribution in [-0.2, 0) is 32.6 Å². The number of sulfonamides is 1. The van der Waals surface area contributed by atoms with Crippen LogP contribution in [0.3, 0.4) is 0 Å². The minimum absolute atomic E-state index is 0.000486. The third-order valence-electron chi connectivity index (χ3n) is 7.54. The van der Waals surface area contributed by atoms with E-state index in [9.17, 15) is 18.0 Å². The molecule has 0 bridgehead atoms. The predicted octanol–water partition coefficient (Wildman–Crippen LogP) is 7.36. The number of hydrogen-bond donors (Lipinski definition) is 1. The van der Waals surface area contributed by atoms with Gasteiger partial charge in [-0.05, 0) is 78.9 Å². The van der Waals surface area contributed by atoms with Gasteiger partial charge in [0, 0.05) is 19.5 Å². The highest BCUT2D eigenvalue weighted by Crippen LogP contribution is 2.28. The lowest BCUT2D eigenvalue weighted by molar-refractivity contribution is -0.140. The molecule has 0 fully saturated rings. The van der Waals surface area contributed by atoms with Crippen LogP contribution in [0.1, 0.15) is 42.0 Å². The quantitative estimate of drug-likeness (QED) is 0.141. The standard InChI is InChI=1S/C36H39Cl2N3O4S/c1-4-5-18-39-36(43)34(23-28-12-8-6-9-13-28)40(24-29-16-17-32(37)33(38)22-29)35(42)25-41(30-20-26(2)19-27(3)21-30)46(44,45)31-14-10-7-11-15-31/h6-17,19-22,34H,4-5,18,23-25H2,1-3H3,(H,39,43)/t34-/m1/s1. The van der Waals surface area contributed by atoms with E-state index in [1.165, 1.54) is 17.0 Å². The molecule has 0 saturated carbocycles. The molecule has 4 aromatic carbocycles. The van der Waals surface area contributed by atoms with Gasteiger partial charge in [0.1, 0.15) is 12.6 Å². The Balaban J connectivity index is 1.82. The summed E-state index contributed by atoms with van der Waals surface area (Å²) in [6.07, 6.45) is 1.89. The zero-order valence-corrected chi connectivity index (χ0v) is 28.6. The number of nitrogens with zero attached hydrogens (tertiary/aromatic N) is 2. The highest BCUT2D eigenvalue weighted by atomic mass is 35.5. The Morgan fingerprint density at radius 2 is 1.43 bits per heavy atom. The van der Waals surface area contributed by atoms with Gasteiger partial charge in [0.25, 0.3) is 10.0 Å². The lowest BCUT2D eigenvalue weighted by atomic mass is 10.0. The van der Waals surface area contributed by atoms with Crippen LogP contribution >= 0.6 is 23.2 Å². The Morgan fingerprint density at radius 1 is 0.804 bits per heavy atom. The molecule has 0 aliphatic rings. The van der Waals surface area contributed by atoms with Crippen molar-refractivity contribution in [3.05, 3.63) is 129 Å². The van der Waals surface area contributed by atoms with Crippen LogP contribution in [0.4, 0.5) is 5.69 Å². The van der Waals surface area contributed by atoms with Crippen LogP contribution in [0, 0.1) is 13.8 Å². The number of carbonyl (C=O) groups is 2. The average molecular weight is 681 g/mol. The summed E-state index contributed by atoms with van der Waals surface area (Å²) >= 11 is 12.5. The SMILES string of the molecule is CCCCNC(=O)[C@@H](Cc1ccccc1)N(Cc1ccc(Cl)c(Cl)c1)C(=O)CN(c1cc(C)cc(C)c1)S(=O)(=O)c1ccccc1. The second kappa shape index (κ2) is 16.1. The number of anilines is 1. The number of nitrogens with one attached hydrogen (secondary N) is 1. The normalized spacial score (nSPS) is 11.9. The summed E-state index contributed by atoms with van der Waals surface area (Å²) in [6.45, 7) is 5.70. The van der Waals surface area contributed by atoms with Gasteiger partial charge in [-0.2, -0.15) is 0 Å². The van der Waals surface area contributed by atoms with E-state index in [2.05, 4.69) is 5.32 Å². The Kier molecular flexibility index (Phi) is 12.3. The fraction of sp³-hybridized carbons (Fsp3) is 0.278. The van der Waals surface area contributed by atoms with Crippen LogP contribution < -0.4 is 9.62 Å². The third-order valence-corrected chi connectivity index (χ3v) is 10.1. The van der Waals surface area contributed by atoms with E-state index in [4.69, 9.17) is 23.2 Å². The molecule has 242 valence electrons. The zero-order valence-electron chi connectivity index (χ0n) is 26.2. The maximum Gasteiger partial charge on any atom is 0.264 e. The van der Waals surface area contributed by atoms with Crippen molar-refractivity contribution in [3.8, 4) is 0 Å². The lowest BCUT2D eigenvalue weighted by Crippen LogP contribution is -2.53. The number of aryl methyl sites for hydroxylation is 2. The highest BCUT2D eigenvalue weighted by molar-refractivity contribution is 7.92. The molecule has 0 aliphatic carbocycles. The molecule has 10 heteroatoms. The van der Waals surface area contributed by atoms with Gasteiger partial charge < -0.3 is 10.2 Å². The van der Waals surface area contributed by atoms with Crippen molar-refractivity contribution in [3.63, 3.8) is 0 Å². The molecule has 4 rings (SSSR count). The second-order valence-corrected chi connectivity index (χ2v) is 14.0. The number of halogens is 2. The van der Waals surface area contributed by atoms with E-state index in [1.807, 2.05) is 57.2 Å². The van der Waals surface area contributed by atoms with Crippen molar-refractivity contribution in [1.29, 1.82) is 0 Å². The Labute approximate surface area is 282 Å². The summed E-state index contributed by atoms with van der Waals surface area (Å²) in [5.74, 6) is -0.870. The highest BCUT2D eigenvalue weighted by Gasteiger charge is 2.34. The van der Waals surface area contributed by atoms with Gasteiger partial charge >= 0.3 is 0 Å². The zero-order chi connectivity index (χ0) is 33.3. The van der Waals surface area contributed by atoms with Crippen molar-refractivity contribution in [1.82, 2.24) is 10.2 Å². The minimum Gasteiger partial charge on any atom is -0.354 e. The molecule has 0 aromatic heterocycles. The van der Waals surface area contributed by atoms with Crippen LogP contribution in [0.25, 0.3) is 0 Å². The van der Waals surface area contributed by atoms with Gasteiger partial charge in [-0.15, -0.1) is 0 Å². The Morgan fingerprint density at radius 3 is 2.04 bits per heavy atom. The fourth-order valence-corrected chi connectivity index (χ4v) is 6.98. The van der Waals surface area contributed by atoms with Crippen molar-refractivity contribution in [2.45, 2.75) is 57.5 Å². The van der Waals surface area contributed by atoms with Crippen LogP contribution in [0.2, 0.25) is 10.0 Å². The first-order valence-electron chi connectivity index (χ1n) is 15.2. The van der Waals surface area contributed by atoms with Gasteiger partial charge in [-0.1, -0.05) is 97.2 Å². The first-order chi connectivity index (χ1) is 22.0. The molecule has 0 saturated heterocycles.